The first kappa shape index (κ1) is 22.4. The third kappa shape index (κ3) is 6.34. The number of nitrogens with one attached hydrogen (secondary N) is 2. The number of ether oxygens (including phenoxy) is 2. The fraction of sp³-hybridized carbons (Fsp3) is 0.391. The molecule has 0 fully saturated rings. The number of rotatable bonds is 13. The number of aromatic nitrogens is 4. The maximum absolute atomic E-state index is 11.7. The molecule has 1 aliphatic rings. The summed E-state index contributed by atoms with van der Waals surface area (Å²) in [5.74, 6) is 0.580. The van der Waals surface area contributed by atoms with Gasteiger partial charge in [-0.3, -0.25) is 9.89 Å². The van der Waals surface area contributed by atoms with Crippen LogP contribution in [0.3, 0.4) is 0 Å². The van der Waals surface area contributed by atoms with Crippen LogP contribution in [0.1, 0.15) is 42.5 Å². The Hall–Kier alpha value is -3.82. The molecule has 0 saturated heterocycles. The van der Waals surface area contributed by atoms with E-state index in [0.29, 0.717) is 30.3 Å². The second kappa shape index (κ2) is 11.2. The highest BCUT2D eigenvalue weighted by Crippen LogP contribution is 2.37. The molecule has 0 spiro atoms. The third-order valence-corrected chi connectivity index (χ3v) is 5.44. The van der Waals surface area contributed by atoms with Crippen molar-refractivity contribution in [2.75, 3.05) is 18.7 Å². The van der Waals surface area contributed by atoms with Crippen LogP contribution in [0.5, 0.6) is 0 Å². The Balaban J connectivity index is 1.43. The van der Waals surface area contributed by atoms with Crippen LogP contribution in [0.25, 0.3) is 0 Å². The van der Waals surface area contributed by atoms with Gasteiger partial charge in [-0.2, -0.15) is 10.1 Å². The highest BCUT2D eigenvalue weighted by molar-refractivity contribution is 5.67. The van der Waals surface area contributed by atoms with Crippen molar-refractivity contribution in [3.63, 3.8) is 0 Å². The molecular formula is C23H27N5O5. The first-order valence-corrected chi connectivity index (χ1v) is 10.9. The third-order valence-electron chi connectivity index (χ3n) is 5.44. The van der Waals surface area contributed by atoms with Crippen LogP contribution >= 0.6 is 0 Å². The quantitative estimate of drug-likeness (QED) is 0.332. The molecule has 10 heteroatoms. The minimum Gasteiger partial charge on any atom is -0.481 e. The number of nitrogens with zero attached hydrogens (tertiary/aromatic N) is 3. The second-order valence-corrected chi connectivity index (χ2v) is 7.88. The van der Waals surface area contributed by atoms with E-state index in [0.717, 1.165) is 30.8 Å². The molecule has 2 aromatic heterocycles. The fourth-order valence-electron chi connectivity index (χ4n) is 3.90. The molecule has 4 rings (SSSR count). The van der Waals surface area contributed by atoms with Crippen LogP contribution < -0.4 is 5.32 Å². The Morgan fingerprint density at radius 2 is 2.09 bits per heavy atom. The van der Waals surface area contributed by atoms with Gasteiger partial charge in [-0.25, -0.2) is 0 Å². The molecule has 2 atom stereocenters. The number of aryl methyl sites for hydroxylation is 1. The lowest BCUT2D eigenvalue weighted by molar-refractivity contribution is -0.138. The van der Waals surface area contributed by atoms with E-state index in [4.69, 9.17) is 14.0 Å². The number of carboxylic acid groups (broad SMARTS) is 1. The maximum Gasteiger partial charge on any atom is 0.303 e. The zero-order valence-electron chi connectivity index (χ0n) is 18.1. The zero-order valence-corrected chi connectivity index (χ0v) is 18.1. The first-order valence-electron chi connectivity index (χ1n) is 10.9. The molecule has 0 saturated carbocycles. The molecule has 10 nitrogen and oxygen atoms in total. The lowest BCUT2D eigenvalue weighted by atomic mass is 9.83. The Morgan fingerprint density at radius 1 is 1.21 bits per heavy atom. The van der Waals surface area contributed by atoms with Crippen LogP contribution in [0.2, 0.25) is 0 Å². The van der Waals surface area contributed by atoms with Gasteiger partial charge < -0.3 is 24.4 Å². The predicted octanol–water partition coefficient (Wildman–Crippen LogP) is 3.49. The van der Waals surface area contributed by atoms with Gasteiger partial charge in [0.25, 0.3) is 0 Å². The molecule has 0 bridgehead atoms. The topological polar surface area (TPSA) is 135 Å². The van der Waals surface area contributed by atoms with Crippen molar-refractivity contribution in [1.29, 1.82) is 0 Å². The molecule has 174 valence electrons. The summed E-state index contributed by atoms with van der Waals surface area (Å²) in [6, 6.07) is 11.6. The summed E-state index contributed by atoms with van der Waals surface area (Å²) in [4.78, 5) is 16.3. The summed E-state index contributed by atoms with van der Waals surface area (Å²) in [5.41, 5.74) is 1.03. The highest BCUT2D eigenvalue weighted by atomic mass is 16.7. The first-order chi connectivity index (χ1) is 16.2. The van der Waals surface area contributed by atoms with Gasteiger partial charge in [0.15, 0.2) is 5.82 Å². The lowest BCUT2D eigenvalue weighted by Gasteiger charge is -2.23. The smallest absolute Gasteiger partial charge is 0.303 e. The monoisotopic (exact) mass is 453 g/mol. The summed E-state index contributed by atoms with van der Waals surface area (Å²) < 4.78 is 16.5. The number of carbonyl (C=O) groups is 1. The number of aliphatic carboxylic acids is 1. The molecule has 0 aliphatic carbocycles. The van der Waals surface area contributed by atoms with Crippen LogP contribution in [-0.2, 0) is 27.1 Å². The molecule has 2 unspecified atom stereocenters. The second-order valence-electron chi connectivity index (χ2n) is 7.88. The van der Waals surface area contributed by atoms with Crippen LogP contribution in [0.15, 0.2) is 59.1 Å². The molecule has 3 aromatic rings. The number of benzene rings is 1. The van der Waals surface area contributed by atoms with Crippen molar-refractivity contribution < 1.29 is 23.9 Å². The number of allylic oxidation sites excluding steroid dienone is 1. The molecular weight excluding hydrogens is 426 g/mol. The van der Waals surface area contributed by atoms with Gasteiger partial charge >= 0.3 is 5.97 Å². The summed E-state index contributed by atoms with van der Waals surface area (Å²) >= 11 is 0. The van der Waals surface area contributed by atoms with E-state index >= 15 is 0 Å². The largest absolute Gasteiger partial charge is 0.481 e. The normalized spacial score (nSPS) is 14.7. The minimum atomic E-state index is -0.898. The molecule has 0 amide bonds. The Labute approximate surface area is 191 Å². The average molecular weight is 453 g/mol. The molecule has 33 heavy (non-hydrogen) atoms. The van der Waals surface area contributed by atoms with E-state index in [1.165, 1.54) is 6.26 Å². The predicted molar refractivity (Wildman–Crippen MR) is 118 cm³/mol. The zero-order chi connectivity index (χ0) is 22.9. The van der Waals surface area contributed by atoms with Crippen molar-refractivity contribution >= 4 is 11.8 Å². The van der Waals surface area contributed by atoms with E-state index in [1.54, 1.807) is 6.20 Å². The number of hydrogen-bond acceptors (Lipinski definition) is 8. The van der Waals surface area contributed by atoms with E-state index in [2.05, 4.69) is 25.7 Å². The number of anilines is 1. The van der Waals surface area contributed by atoms with Crippen molar-refractivity contribution in [3.05, 3.63) is 71.9 Å². The lowest BCUT2D eigenvalue weighted by Crippen LogP contribution is -2.22. The Morgan fingerprint density at radius 3 is 2.82 bits per heavy atom. The van der Waals surface area contributed by atoms with Gasteiger partial charge in [-0.1, -0.05) is 35.5 Å². The SMILES string of the molecule is O=C(O)CC(Cc1ccccc1)C(C1=COCO1)c1nc(CCCCNc2ccn[nH]2)no1. The Bertz CT molecular complexity index is 1030. The number of H-pyrrole nitrogens is 1. The van der Waals surface area contributed by atoms with Gasteiger partial charge in [0.2, 0.25) is 12.7 Å². The number of aromatic amines is 1. The molecule has 0 radical (unpaired) electrons. The molecule has 3 N–H and O–H groups in total. The van der Waals surface area contributed by atoms with Gasteiger partial charge in [0.1, 0.15) is 23.8 Å². The average Bonchev–Trinajstić information content (AvgIpc) is 3.58. The van der Waals surface area contributed by atoms with Crippen molar-refractivity contribution in [1.82, 2.24) is 20.3 Å². The molecule has 1 aromatic carbocycles. The Kier molecular flexibility index (Phi) is 7.57. The molecule has 3 heterocycles. The number of carboxylic acids is 1. The number of unbranched alkanes of at least 4 members (excludes halogenated alkanes) is 1. The maximum atomic E-state index is 11.7. The summed E-state index contributed by atoms with van der Waals surface area (Å²) in [7, 11) is 0. The standard InChI is InChI=1S/C23H27N5O5/c29-21(30)13-17(12-16-6-2-1-3-7-16)22(18-14-31-15-32-18)23-26-20(28-33-23)8-4-5-10-24-19-9-11-25-27-19/h1-3,6-7,9,11,14,17,22H,4-5,8,10,12-13,15H2,(H,29,30)(H2,24,25,27). The fourth-order valence-corrected chi connectivity index (χ4v) is 3.90. The minimum absolute atomic E-state index is 0.0722. The van der Waals surface area contributed by atoms with Crippen LogP contribution in [-0.4, -0.2) is 44.8 Å². The van der Waals surface area contributed by atoms with Crippen LogP contribution in [0, 0.1) is 5.92 Å². The van der Waals surface area contributed by atoms with E-state index in [1.807, 2.05) is 36.4 Å². The van der Waals surface area contributed by atoms with E-state index in [9.17, 15) is 9.90 Å². The highest BCUT2D eigenvalue weighted by Gasteiger charge is 2.36. The van der Waals surface area contributed by atoms with E-state index < -0.39 is 11.9 Å². The van der Waals surface area contributed by atoms with E-state index in [-0.39, 0.29) is 19.1 Å². The van der Waals surface area contributed by atoms with Gasteiger partial charge in [-0.15, -0.1) is 0 Å². The summed E-state index contributed by atoms with van der Waals surface area (Å²) in [6.07, 6.45) is 6.10. The summed E-state index contributed by atoms with van der Waals surface area (Å²) in [5, 5.41) is 23.7. The van der Waals surface area contributed by atoms with Gasteiger partial charge in [0.05, 0.1) is 6.20 Å². The van der Waals surface area contributed by atoms with Gasteiger partial charge in [0, 0.05) is 19.4 Å². The van der Waals surface area contributed by atoms with Crippen molar-refractivity contribution in [2.24, 2.45) is 5.92 Å². The number of hydrogen-bond donors (Lipinski definition) is 3. The van der Waals surface area contributed by atoms with Crippen molar-refractivity contribution in [3.8, 4) is 0 Å². The van der Waals surface area contributed by atoms with Crippen molar-refractivity contribution in [2.45, 2.75) is 38.0 Å². The molecule has 1 aliphatic heterocycles. The summed E-state index contributed by atoms with van der Waals surface area (Å²) in [6.45, 7) is 0.882. The van der Waals surface area contributed by atoms with Crippen LogP contribution in [0.4, 0.5) is 5.82 Å². The van der Waals surface area contributed by atoms with Gasteiger partial charge in [-0.05, 0) is 36.8 Å².